The largest absolute Gasteiger partial charge is 0.376 e. The summed E-state index contributed by atoms with van der Waals surface area (Å²) in [6.07, 6.45) is 7.51. The van der Waals surface area contributed by atoms with Crippen LogP contribution in [0.2, 0.25) is 0 Å². The van der Waals surface area contributed by atoms with E-state index in [2.05, 4.69) is 49.4 Å². The summed E-state index contributed by atoms with van der Waals surface area (Å²) < 4.78 is 5.62. The summed E-state index contributed by atoms with van der Waals surface area (Å²) in [7, 11) is 0. The molecule has 140 valence electrons. The van der Waals surface area contributed by atoms with Gasteiger partial charge < -0.3 is 15.0 Å². The molecule has 0 unspecified atom stereocenters. The van der Waals surface area contributed by atoms with Crippen molar-refractivity contribution < 1.29 is 4.74 Å². The first kappa shape index (κ1) is 16.7. The van der Waals surface area contributed by atoms with E-state index in [0.29, 0.717) is 12.1 Å². The van der Waals surface area contributed by atoms with E-state index in [-0.39, 0.29) is 0 Å². The SMILES string of the molecule is c1ccc2c3c([nH]c2c1)CCN(Cc1cnc(NC[C@@H]2CCCO2)nc1)C3. The zero-order valence-corrected chi connectivity index (χ0v) is 15.4. The van der Waals surface area contributed by atoms with Crippen molar-refractivity contribution in [1.29, 1.82) is 0 Å². The first-order valence-electron chi connectivity index (χ1n) is 9.82. The molecule has 0 spiro atoms. The highest BCUT2D eigenvalue weighted by molar-refractivity contribution is 5.84. The lowest BCUT2D eigenvalue weighted by Gasteiger charge is -2.27. The van der Waals surface area contributed by atoms with Crippen LogP contribution in [0.5, 0.6) is 0 Å². The van der Waals surface area contributed by atoms with Crippen LogP contribution in [-0.2, 0) is 24.2 Å². The Balaban J connectivity index is 1.22. The summed E-state index contributed by atoms with van der Waals surface area (Å²) in [5.41, 5.74) is 5.22. The lowest BCUT2D eigenvalue weighted by atomic mass is 10.0. The van der Waals surface area contributed by atoms with Gasteiger partial charge in [-0.3, -0.25) is 4.90 Å². The van der Waals surface area contributed by atoms with Crippen molar-refractivity contribution in [2.75, 3.05) is 25.0 Å². The van der Waals surface area contributed by atoms with Gasteiger partial charge in [-0.15, -0.1) is 0 Å². The van der Waals surface area contributed by atoms with E-state index in [1.54, 1.807) is 0 Å². The Morgan fingerprint density at radius 3 is 2.96 bits per heavy atom. The highest BCUT2D eigenvalue weighted by Gasteiger charge is 2.21. The number of H-pyrrole nitrogens is 1. The number of hydrogen-bond acceptors (Lipinski definition) is 5. The first-order valence-corrected chi connectivity index (χ1v) is 9.82. The molecule has 0 amide bonds. The number of aromatic nitrogens is 3. The van der Waals surface area contributed by atoms with Gasteiger partial charge in [-0.05, 0) is 24.5 Å². The predicted molar refractivity (Wildman–Crippen MR) is 106 cm³/mol. The highest BCUT2D eigenvalue weighted by Crippen LogP contribution is 2.28. The van der Waals surface area contributed by atoms with Gasteiger partial charge in [0.25, 0.3) is 0 Å². The molecule has 27 heavy (non-hydrogen) atoms. The molecular weight excluding hydrogens is 338 g/mol. The summed E-state index contributed by atoms with van der Waals surface area (Å²) in [6, 6.07) is 8.58. The van der Waals surface area contributed by atoms with E-state index >= 15 is 0 Å². The molecule has 3 aromatic rings. The smallest absolute Gasteiger partial charge is 0.222 e. The number of ether oxygens (including phenoxy) is 1. The van der Waals surface area contributed by atoms with Crippen molar-refractivity contribution >= 4 is 16.9 Å². The van der Waals surface area contributed by atoms with Crippen LogP contribution in [-0.4, -0.2) is 45.7 Å². The number of rotatable bonds is 5. The van der Waals surface area contributed by atoms with Crippen LogP contribution in [0.15, 0.2) is 36.7 Å². The Bertz CT molecular complexity index is 914. The molecular formula is C21H25N5O. The zero-order valence-electron chi connectivity index (χ0n) is 15.4. The van der Waals surface area contributed by atoms with E-state index in [1.807, 2.05) is 12.4 Å². The zero-order chi connectivity index (χ0) is 18.1. The third-order valence-electron chi connectivity index (χ3n) is 5.59. The van der Waals surface area contributed by atoms with Gasteiger partial charge in [0.15, 0.2) is 0 Å². The van der Waals surface area contributed by atoms with Gasteiger partial charge in [0.05, 0.1) is 6.10 Å². The molecule has 0 bridgehead atoms. The van der Waals surface area contributed by atoms with Crippen molar-refractivity contribution in [3.05, 3.63) is 53.5 Å². The van der Waals surface area contributed by atoms with Gasteiger partial charge in [-0.1, -0.05) is 18.2 Å². The Labute approximate surface area is 159 Å². The Kier molecular flexibility index (Phi) is 4.51. The Morgan fingerprint density at radius 2 is 2.11 bits per heavy atom. The number of hydrogen-bond donors (Lipinski definition) is 2. The van der Waals surface area contributed by atoms with Crippen LogP contribution < -0.4 is 5.32 Å². The summed E-state index contributed by atoms with van der Waals surface area (Å²) >= 11 is 0. The van der Waals surface area contributed by atoms with Gasteiger partial charge in [-0.2, -0.15) is 0 Å². The van der Waals surface area contributed by atoms with Gasteiger partial charge in [0.1, 0.15) is 0 Å². The molecule has 6 heteroatoms. The molecule has 1 aromatic carbocycles. The maximum absolute atomic E-state index is 5.62. The van der Waals surface area contributed by atoms with Crippen LogP contribution in [0, 0.1) is 0 Å². The van der Waals surface area contributed by atoms with Crippen molar-refractivity contribution in [3.8, 4) is 0 Å². The summed E-state index contributed by atoms with van der Waals surface area (Å²) in [6.45, 7) is 4.57. The molecule has 1 saturated heterocycles. The third kappa shape index (κ3) is 3.55. The molecule has 6 nitrogen and oxygen atoms in total. The number of nitrogens with zero attached hydrogens (tertiary/aromatic N) is 3. The van der Waals surface area contributed by atoms with Crippen LogP contribution in [0.25, 0.3) is 10.9 Å². The van der Waals surface area contributed by atoms with E-state index in [0.717, 1.165) is 57.6 Å². The maximum Gasteiger partial charge on any atom is 0.222 e. The van der Waals surface area contributed by atoms with E-state index < -0.39 is 0 Å². The number of anilines is 1. The van der Waals surface area contributed by atoms with Gasteiger partial charge in [-0.25, -0.2) is 9.97 Å². The molecule has 4 heterocycles. The van der Waals surface area contributed by atoms with Gasteiger partial charge >= 0.3 is 0 Å². The number of aromatic amines is 1. The molecule has 0 aliphatic carbocycles. The van der Waals surface area contributed by atoms with Crippen LogP contribution in [0.1, 0.15) is 29.7 Å². The molecule has 2 aliphatic rings. The van der Waals surface area contributed by atoms with E-state index in [4.69, 9.17) is 4.74 Å². The van der Waals surface area contributed by atoms with Crippen molar-refractivity contribution in [2.45, 2.75) is 38.5 Å². The fourth-order valence-corrected chi connectivity index (χ4v) is 4.15. The quantitative estimate of drug-likeness (QED) is 0.729. The minimum atomic E-state index is 0.298. The van der Waals surface area contributed by atoms with Crippen LogP contribution in [0.4, 0.5) is 5.95 Å². The minimum Gasteiger partial charge on any atom is -0.376 e. The van der Waals surface area contributed by atoms with Crippen LogP contribution >= 0.6 is 0 Å². The fraction of sp³-hybridized carbons (Fsp3) is 0.429. The molecule has 0 radical (unpaired) electrons. The van der Waals surface area contributed by atoms with Crippen LogP contribution in [0.3, 0.4) is 0 Å². The maximum atomic E-state index is 5.62. The second-order valence-electron chi connectivity index (χ2n) is 7.52. The van der Waals surface area contributed by atoms with E-state index in [9.17, 15) is 0 Å². The van der Waals surface area contributed by atoms with Crippen molar-refractivity contribution in [3.63, 3.8) is 0 Å². The third-order valence-corrected chi connectivity index (χ3v) is 5.59. The summed E-state index contributed by atoms with van der Waals surface area (Å²) in [4.78, 5) is 15.0. The van der Waals surface area contributed by atoms with Crippen molar-refractivity contribution in [2.24, 2.45) is 0 Å². The average molecular weight is 363 g/mol. The standard InChI is InChI=1S/C21H25N5O/c1-2-6-19-17(5-1)18-14-26(8-7-20(18)25-19)13-15-10-22-21(23-11-15)24-12-16-4-3-9-27-16/h1-2,5-6,10-11,16,25H,3-4,7-9,12-14H2,(H,22,23,24)/t16-/m0/s1. The first-order chi connectivity index (χ1) is 13.3. The molecule has 2 N–H and O–H groups in total. The molecule has 0 saturated carbocycles. The monoisotopic (exact) mass is 363 g/mol. The molecule has 1 fully saturated rings. The molecule has 2 aromatic heterocycles. The number of para-hydroxylation sites is 1. The second-order valence-corrected chi connectivity index (χ2v) is 7.52. The minimum absolute atomic E-state index is 0.298. The summed E-state index contributed by atoms with van der Waals surface area (Å²) in [5.74, 6) is 0.687. The highest BCUT2D eigenvalue weighted by atomic mass is 16.5. The Hall–Kier alpha value is -2.44. The number of benzene rings is 1. The predicted octanol–water partition coefficient (Wildman–Crippen LogP) is 3.11. The lowest BCUT2D eigenvalue weighted by Crippen LogP contribution is -2.30. The lowest BCUT2D eigenvalue weighted by molar-refractivity contribution is 0.120. The summed E-state index contributed by atoms with van der Waals surface area (Å²) in [5, 5.41) is 4.63. The number of fused-ring (bicyclic) bond motifs is 3. The fourth-order valence-electron chi connectivity index (χ4n) is 4.15. The molecule has 5 rings (SSSR count). The topological polar surface area (TPSA) is 66.1 Å². The second kappa shape index (κ2) is 7.29. The Morgan fingerprint density at radius 1 is 1.22 bits per heavy atom. The molecule has 2 aliphatic heterocycles. The van der Waals surface area contributed by atoms with Gasteiger partial charge in [0, 0.05) is 73.8 Å². The normalized spacial score (nSPS) is 20.1. The number of nitrogens with one attached hydrogen (secondary N) is 2. The van der Waals surface area contributed by atoms with Gasteiger partial charge in [0.2, 0.25) is 5.95 Å². The average Bonchev–Trinajstić information content (AvgIpc) is 3.35. The van der Waals surface area contributed by atoms with E-state index in [1.165, 1.54) is 22.2 Å². The van der Waals surface area contributed by atoms with Crippen molar-refractivity contribution in [1.82, 2.24) is 19.9 Å². The molecule has 1 atom stereocenters.